The molecule has 0 aromatic carbocycles. The van der Waals surface area contributed by atoms with Crippen LogP contribution in [0.1, 0.15) is 23.8 Å². The van der Waals surface area contributed by atoms with Gasteiger partial charge in [0.1, 0.15) is 4.83 Å². The molecule has 2 aromatic heterocycles. The molecule has 0 spiro atoms. The van der Waals surface area contributed by atoms with E-state index < -0.39 is 0 Å². The van der Waals surface area contributed by atoms with Crippen LogP contribution in [0, 0.1) is 17.2 Å². The monoisotopic (exact) mass is 331 g/mol. The van der Waals surface area contributed by atoms with Gasteiger partial charge in [-0.2, -0.15) is 5.26 Å². The predicted molar refractivity (Wildman–Crippen MR) is 91.6 cm³/mol. The topological polar surface area (TPSA) is 58.7 Å². The summed E-state index contributed by atoms with van der Waals surface area (Å²) in [5.74, 6) is 0.959. The van der Waals surface area contributed by atoms with Crippen molar-refractivity contribution in [2.75, 3.05) is 5.75 Å². The molecule has 0 amide bonds. The van der Waals surface area contributed by atoms with Crippen molar-refractivity contribution in [1.29, 1.82) is 5.26 Å². The standard InChI is InChI=1S/C16H17N3OS2/c1-3-7-19-15(20)13-11-5-4-10(2)9-12(11)22-14(13)18-16(19)21-8-6-17/h3,10H,1,4-5,7-9H2,2H3/t10-/m0/s1. The molecular formula is C16H17N3OS2. The lowest BCUT2D eigenvalue weighted by molar-refractivity contribution is 0.509. The molecule has 22 heavy (non-hydrogen) atoms. The van der Waals surface area contributed by atoms with Crippen molar-refractivity contribution in [2.45, 2.75) is 37.9 Å². The number of thioether (sulfide) groups is 1. The third-order valence-corrected chi connectivity index (χ3v) is 5.95. The average molecular weight is 331 g/mol. The van der Waals surface area contributed by atoms with Gasteiger partial charge in [0.15, 0.2) is 5.16 Å². The van der Waals surface area contributed by atoms with Gasteiger partial charge in [-0.1, -0.05) is 24.8 Å². The fourth-order valence-electron chi connectivity index (χ4n) is 2.90. The molecule has 0 aliphatic heterocycles. The predicted octanol–water partition coefficient (Wildman–Crippen LogP) is 3.38. The number of nitriles is 1. The summed E-state index contributed by atoms with van der Waals surface area (Å²) in [5, 5.41) is 10.2. The molecule has 1 aliphatic carbocycles. The zero-order valence-electron chi connectivity index (χ0n) is 12.5. The molecule has 114 valence electrons. The minimum absolute atomic E-state index is 0.0115. The molecule has 0 saturated carbocycles. The van der Waals surface area contributed by atoms with E-state index in [1.807, 2.05) is 0 Å². The molecular weight excluding hydrogens is 314 g/mol. The van der Waals surface area contributed by atoms with Gasteiger partial charge in [-0.25, -0.2) is 4.98 Å². The Morgan fingerprint density at radius 3 is 3.18 bits per heavy atom. The summed E-state index contributed by atoms with van der Waals surface area (Å²) in [7, 11) is 0. The van der Waals surface area contributed by atoms with E-state index in [4.69, 9.17) is 5.26 Å². The summed E-state index contributed by atoms with van der Waals surface area (Å²) >= 11 is 2.96. The first-order valence-corrected chi connectivity index (χ1v) is 9.11. The Bertz CT molecular complexity index is 828. The number of aromatic nitrogens is 2. The normalized spacial score (nSPS) is 17.2. The lowest BCUT2D eigenvalue weighted by Gasteiger charge is -2.17. The number of hydrogen-bond acceptors (Lipinski definition) is 5. The zero-order valence-corrected chi connectivity index (χ0v) is 14.1. The smallest absolute Gasteiger partial charge is 0.263 e. The summed E-state index contributed by atoms with van der Waals surface area (Å²) in [6.45, 7) is 6.41. The van der Waals surface area contributed by atoms with E-state index in [0.29, 0.717) is 17.6 Å². The van der Waals surface area contributed by atoms with Crippen molar-refractivity contribution in [3.8, 4) is 6.07 Å². The van der Waals surface area contributed by atoms with Crippen LogP contribution in [0.25, 0.3) is 10.2 Å². The van der Waals surface area contributed by atoms with Crippen molar-refractivity contribution < 1.29 is 0 Å². The quantitative estimate of drug-likeness (QED) is 0.489. The van der Waals surface area contributed by atoms with Crippen LogP contribution >= 0.6 is 23.1 Å². The van der Waals surface area contributed by atoms with E-state index in [9.17, 15) is 4.79 Å². The first-order chi connectivity index (χ1) is 10.7. The number of hydrogen-bond donors (Lipinski definition) is 0. The Morgan fingerprint density at radius 2 is 2.45 bits per heavy atom. The van der Waals surface area contributed by atoms with Gasteiger partial charge in [-0.05, 0) is 30.7 Å². The zero-order chi connectivity index (χ0) is 15.7. The number of nitrogens with zero attached hydrogens (tertiary/aromatic N) is 3. The van der Waals surface area contributed by atoms with E-state index >= 15 is 0 Å². The van der Waals surface area contributed by atoms with Crippen molar-refractivity contribution in [1.82, 2.24) is 9.55 Å². The molecule has 4 nitrogen and oxygen atoms in total. The van der Waals surface area contributed by atoms with Gasteiger partial charge < -0.3 is 0 Å². The van der Waals surface area contributed by atoms with Gasteiger partial charge in [0.2, 0.25) is 0 Å². The lowest BCUT2D eigenvalue weighted by atomic mass is 9.89. The number of allylic oxidation sites excluding steroid dienone is 1. The van der Waals surface area contributed by atoms with E-state index in [1.165, 1.54) is 22.2 Å². The van der Waals surface area contributed by atoms with Crippen LogP contribution in [-0.4, -0.2) is 15.3 Å². The number of thiophene rings is 1. The molecule has 2 aromatic rings. The van der Waals surface area contributed by atoms with Crippen LogP contribution in [0.15, 0.2) is 22.6 Å². The van der Waals surface area contributed by atoms with Gasteiger partial charge in [0.05, 0.1) is 17.2 Å². The van der Waals surface area contributed by atoms with Gasteiger partial charge in [0.25, 0.3) is 5.56 Å². The van der Waals surface area contributed by atoms with Crippen LogP contribution in [-0.2, 0) is 19.4 Å². The van der Waals surface area contributed by atoms with Crippen molar-refractivity contribution >= 4 is 33.3 Å². The summed E-state index contributed by atoms with van der Waals surface area (Å²) in [5.41, 5.74) is 1.21. The maximum Gasteiger partial charge on any atom is 0.263 e. The van der Waals surface area contributed by atoms with Crippen LogP contribution in [0.3, 0.4) is 0 Å². The molecule has 6 heteroatoms. The highest BCUT2D eigenvalue weighted by molar-refractivity contribution is 7.99. The largest absolute Gasteiger partial charge is 0.283 e. The van der Waals surface area contributed by atoms with E-state index in [2.05, 4.69) is 24.6 Å². The molecule has 0 radical (unpaired) electrons. The highest BCUT2D eigenvalue weighted by atomic mass is 32.2. The Morgan fingerprint density at radius 1 is 1.64 bits per heavy atom. The Labute approximate surface area is 137 Å². The van der Waals surface area contributed by atoms with Crippen LogP contribution in [0.5, 0.6) is 0 Å². The van der Waals surface area contributed by atoms with Crippen molar-refractivity contribution in [2.24, 2.45) is 5.92 Å². The second kappa shape index (κ2) is 6.27. The lowest BCUT2D eigenvalue weighted by Crippen LogP contribution is -2.23. The SMILES string of the molecule is C=CCn1c(SCC#N)nc2sc3c(c2c1=O)CC[C@H](C)C3. The third-order valence-electron chi connectivity index (χ3n) is 3.96. The first-order valence-electron chi connectivity index (χ1n) is 7.31. The molecule has 0 bridgehead atoms. The van der Waals surface area contributed by atoms with Crippen LogP contribution in [0.4, 0.5) is 0 Å². The van der Waals surface area contributed by atoms with Gasteiger partial charge in [-0.3, -0.25) is 9.36 Å². The van der Waals surface area contributed by atoms with Crippen molar-refractivity contribution in [3.05, 3.63) is 33.4 Å². The van der Waals surface area contributed by atoms with Crippen LogP contribution in [0.2, 0.25) is 0 Å². The summed E-state index contributed by atoms with van der Waals surface area (Å²) in [4.78, 5) is 19.7. The molecule has 1 aliphatic rings. The molecule has 1 atom stereocenters. The van der Waals surface area contributed by atoms with Gasteiger partial charge in [-0.15, -0.1) is 17.9 Å². The van der Waals surface area contributed by atoms with Gasteiger partial charge >= 0.3 is 0 Å². The minimum atomic E-state index is 0.0115. The van der Waals surface area contributed by atoms with Crippen molar-refractivity contribution in [3.63, 3.8) is 0 Å². The fourth-order valence-corrected chi connectivity index (χ4v) is 5.00. The molecule has 0 N–H and O–H groups in total. The highest BCUT2D eigenvalue weighted by Crippen LogP contribution is 2.36. The highest BCUT2D eigenvalue weighted by Gasteiger charge is 2.24. The maximum absolute atomic E-state index is 12.9. The molecule has 0 saturated heterocycles. The number of fused-ring (bicyclic) bond motifs is 3. The maximum atomic E-state index is 12.9. The summed E-state index contributed by atoms with van der Waals surface area (Å²) in [6.07, 6.45) is 4.83. The molecule has 0 unspecified atom stereocenters. The average Bonchev–Trinajstić information content (AvgIpc) is 2.85. The first kappa shape index (κ1) is 15.3. The van der Waals surface area contributed by atoms with E-state index in [1.54, 1.807) is 22.0 Å². The van der Waals surface area contributed by atoms with Gasteiger partial charge in [0, 0.05) is 11.4 Å². The summed E-state index contributed by atoms with van der Waals surface area (Å²) in [6, 6.07) is 2.09. The molecule has 2 heterocycles. The number of rotatable bonds is 4. The molecule has 3 rings (SSSR count). The Kier molecular flexibility index (Phi) is 4.37. The Hall–Kier alpha value is -1.58. The molecule has 0 fully saturated rings. The Balaban J connectivity index is 2.22. The minimum Gasteiger partial charge on any atom is -0.283 e. The van der Waals surface area contributed by atoms with Crippen LogP contribution < -0.4 is 5.56 Å². The van der Waals surface area contributed by atoms with E-state index in [-0.39, 0.29) is 11.3 Å². The summed E-state index contributed by atoms with van der Waals surface area (Å²) < 4.78 is 1.64. The van der Waals surface area contributed by atoms with E-state index in [0.717, 1.165) is 29.5 Å². The third kappa shape index (κ3) is 2.59. The second-order valence-corrected chi connectivity index (χ2v) is 7.60. The number of aryl methyl sites for hydroxylation is 1. The second-order valence-electron chi connectivity index (χ2n) is 5.58. The fraction of sp³-hybridized carbons (Fsp3) is 0.438.